The molecule has 0 aromatic carbocycles. The van der Waals surface area contributed by atoms with Crippen LogP contribution >= 0.6 is 11.8 Å². The Bertz CT molecular complexity index is 558. The molecule has 7 heteroatoms. The molecule has 3 N–H and O–H groups in total. The normalized spacial score (nSPS) is 23.9. The molecule has 1 aliphatic heterocycles. The van der Waals surface area contributed by atoms with Crippen LogP contribution in [0.3, 0.4) is 0 Å². The number of nitrogens with zero attached hydrogens (tertiary/aromatic N) is 1. The zero-order chi connectivity index (χ0) is 13.5. The lowest BCUT2D eigenvalue weighted by Crippen LogP contribution is -2.34. The summed E-state index contributed by atoms with van der Waals surface area (Å²) < 4.78 is 29.5. The van der Waals surface area contributed by atoms with Gasteiger partial charge in [-0.15, -0.1) is 0 Å². The molecule has 1 unspecified atom stereocenters. The summed E-state index contributed by atoms with van der Waals surface area (Å²) in [5.74, 6) is 1.90. The third kappa shape index (κ3) is 2.84. The van der Waals surface area contributed by atoms with Crippen LogP contribution in [0, 0.1) is 0 Å². The Labute approximate surface area is 118 Å². The predicted octanol–water partition coefficient (Wildman–Crippen LogP) is 1.07. The maximum atomic E-state index is 12.3. The number of rotatable bonds is 5. The van der Waals surface area contributed by atoms with E-state index in [-0.39, 0.29) is 6.04 Å². The number of nitrogens with one attached hydrogen (secondary N) is 1. The molecule has 19 heavy (non-hydrogen) atoms. The third-order valence-corrected chi connectivity index (χ3v) is 6.27. The highest BCUT2D eigenvalue weighted by molar-refractivity contribution is 7.99. The van der Waals surface area contributed by atoms with Gasteiger partial charge in [-0.25, -0.2) is 13.1 Å². The molecule has 106 valence electrons. The van der Waals surface area contributed by atoms with Crippen molar-refractivity contribution in [3.63, 3.8) is 0 Å². The first-order valence-electron chi connectivity index (χ1n) is 6.61. The number of hydrogen-bond donors (Lipinski definition) is 2. The summed E-state index contributed by atoms with van der Waals surface area (Å²) in [7, 11) is -3.40. The van der Waals surface area contributed by atoms with E-state index in [1.54, 1.807) is 24.0 Å². The molecule has 3 rings (SSSR count). The minimum Gasteiger partial charge on any atom is -0.346 e. The molecule has 1 aromatic rings. The quantitative estimate of drug-likeness (QED) is 0.853. The van der Waals surface area contributed by atoms with Crippen molar-refractivity contribution in [2.45, 2.75) is 42.8 Å². The fourth-order valence-electron chi connectivity index (χ4n) is 2.41. The van der Waals surface area contributed by atoms with Crippen LogP contribution < -0.4 is 10.5 Å². The van der Waals surface area contributed by atoms with Crippen molar-refractivity contribution in [2.24, 2.45) is 5.73 Å². The van der Waals surface area contributed by atoms with Crippen molar-refractivity contribution in [3.05, 3.63) is 18.0 Å². The van der Waals surface area contributed by atoms with E-state index < -0.39 is 10.0 Å². The molecule has 2 heterocycles. The van der Waals surface area contributed by atoms with Crippen LogP contribution in [0.15, 0.2) is 17.2 Å². The average Bonchev–Trinajstić information content (AvgIpc) is 2.91. The maximum absolute atomic E-state index is 12.3. The second-order valence-corrected chi connectivity index (χ2v) is 8.06. The zero-order valence-corrected chi connectivity index (χ0v) is 12.3. The topological polar surface area (TPSA) is 77.1 Å². The fraction of sp³-hybridized carbons (Fsp3) is 0.667. The van der Waals surface area contributed by atoms with Crippen LogP contribution in [0.4, 0.5) is 0 Å². The van der Waals surface area contributed by atoms with Crippen molar-refractivity contribution >= 4 is 21.8 Å². The van der Waals surface area contributed by atoms with Gasteiger partial charge in [0, 0.05) is 36.3 Å². The molecule has 0 amide bonds. The molecular formula is C12H19N3O2S2. The zero-order valence-electron chi connectivity index (χ0n) is 10.7. The van der Waals surface area contributed by atoms with Gasteiger partial charge >= 0.3 is 0 Å². The van der Waals surface area contributed by atoms with Crippen LogP contribution in [0.25, 0.3) is 0 Å². The van der Waals surface area contributed by atoms with Gasteiger partial charge in [0.05, 0.1) is 4.90 Å². The van der Waals surface area contributed by atoms with Crippen LogP contribution in [-0.2, 0) is 16.6 Å². The van der Waals surface area contributed by atoms with Crippen molar-refractivity contribution in [3.8, 4) is 0 Å². The van der Waals surface area contributed by atoms with Crippen LogP contribution in [0.5, 0.6) is 0 Å². The molecule has 0 radical (unpaired) electrons. The Morgan fingerprint density at radius 1 is 1.42 bits per heavy atom. The van der Waals surface area contributed by atoms with Crippen molar-refractivity contribution in [2.75, 3.05) is 11.5 Å². The van der Waals surface area contributed by atoms with E-state index in [1.165, 1.54) is 0 Å². The minimum absolute atomic E-state index is 0.0700. The summed E-state index contributed by atoms with van der Waals surface area (Å²) >= 11 is 1.79. The van der Waals surface area contributed by atoms with Crippen molar-refractivity contribution in [1.29, 1.82) is 0 Å². The molecule has 2 aliphatic rings. The summed E-state index contributed by atoms with van der Waals surface area (Å²) in [5, 5.41) is 0. The van der Waals surface area contributed by atoms with Gasteiger partial charge in [0.2, 0.25) is 10.0 Å². The summed E-state index contributed by atoms with van der Waals surface area (Å²) in [5.41, 5.74) is 6.60. The Morgan fingerprint density at radius 2 is 2.21 bits per heavy atom. The highest BCUT2D eigenvalue weighted by Crippen LogP contribution is 2.37. The molecule has 1 saturated heterocycles. The Morgan fingerprint density at radius 3 is 2.79 bits per heavy atom. The molecule has 2 fully saturated rings. The molecule has 1 aromatic heterocycles. The van der Waals surface area contributed by atoms with E-state index >= 15 is 0 Å². The summed E-state index contributed by atoms with van der Waals surface area (Å²) in [4.78, 5) is 0.358. The number of nitrogens with two attached hydrogens (primary N) is 1. The Kier molecular flexibility index (Phi) is 3.63. The van der Waals surface area contributed by atoms with Crippen molar-refractivity contribution in [1.82, 2.24) is 9.29 Å². The monoisotopic (exact) mass is 301 g/mol. The summed E-state index contributed by atoms with van der Waals surface area (Å²) in [6.45, 7) is 0.380. The average molecular weight is 301 g/mol. The standard InChI is InChI=1S/C12H19N3O2S2/c13-6-11-5-12(7-15(11)10-1-2-10)19(16,17)14-9-3-4-18-8-9/h5,7,9-10,14H,1-4,6,8,13H2. The fourth-order valence-corrected chi connectivity index (χ4v) is 4.99. The van der Waals surface area contributed by atoms with Crippen LogP contribution in [0.2, 0.25) is 0 Å². The van der Waals surface area contributed by atoms with Gasteiger partial charge in [-0.1, -0.05) is 0 Å². The highest BCUT2D eigenvalue weighted by atomic mass is 32.2. The lowest BCUT2D eigenvalue weighted by molar-refractivity contribution is 0.562. The smallest absolute Gasteiger partial charge is 0.242 e. The lowest BCUT2D eigenvalue weighted by Gasteiger charge is -2.10. The van der Waals surface area contributed by atoms with Gasteiger partial charge in [-0.2, -0.15) is 11.8 Å². The first-order valence-corrected chi connectivity index (χ1v) is 9.25. The second kappa shape index (κ2) is 5.12. The predicted molar refractivity (Wildman–Crippen MR) is 76.6 cm³/mol. The van der Waals surface area contributed by atoms with E-state index in [0.29, 0.717) is 17.5 Å². The van der Waals surface area contributed by atoms with E-state index in [1.807, 2.05) is 4.57 Å². The number of thioether (sulfide) groups is 1. The van der Waals surface area contributed by atoms with Gasteiger partial charge < -0.3 is 10.3 Å². The van der Waals surface area contributed by atoms with Crippen LogP contribution in [-0.4, -0.2) is 30.5 Å². The molecule has 5 nitrogen and oxygen atoms in total. The molecule has 1 saturated carbocycles. The molecule has 1 atom stereocenters. The molecule has 1 aliphatic carbocycles. The molecule has 0 bridgehead atoms. The maximum Gasteiger partial charge on any atom is 0.242 e. The molecular weight excluding hydrogens is 282 g/mol. The number of sulfonamides is 1. The Balaban J connectivity index is 1.83. The third-order valence-electron chi connectivity index (χ3n) is 3.62. The van der Waals surface area contributed by atoms with E-state index in [2.05, 4.69) is 4.72 Å². The number of aromatic nitrogens is 1. The van der Waals surface area contributed by atoms with E-state index in [9.17, 15) is 8.42 Å². The largest absolute Gasteiger partial charge is 0.346 e. The van der Waals surface area contributed by atoms with E-state index in [4.69, 9.17) is 5.73 Å². The second-order valence-electron chi connectivity index (χ2n) is 5.19. The van der Waals surface area contributed by atoms with Crippen LogP contribution in [0.1, 0.15) is 31.0 Å². The Hall–Kier alpha value is -0.500. The lowest BCUT2D eigenvalue weighted by atomic mass is 10.3. The van der Waals surface area contributed by atoms with Gasteiger partial charge in [0.25, 0.3) is 0 Å². The number of hydrogen-bond acceptors (Lipinski definition) is 4. The molecule has 0 spiro atoms. The SMILES string of the molecule is NCc1cc(S(=O)(=O)NC2CCSC2)cn1C1CC1. The van der Waals surface area contributed by atoms with Crippen molar-refractivity contribution < 1.29 is 8.42 Å². The van der Waals surface area contributed by atoms with Gasteiger partial charge in [0.1, 0.15) is 0 Å². The summed E-state index contributed by atoms with van der Waals surface area (Å²) in [6.07, 6.45) is 4.89. The van der Waals surface area contributed by atoms with Gasteiger partial charge in [-0.05, 0) is 31.1 Å². The first kappa shape index (κ1) is 13.5. The van der Waals surface area contributed by atoms with E-state index in [0.717, 1.165) is 36.5 Å². The summed E-state index contributed by atoms with van der Waals surface area (Å²) in [6, 6.07) is 2.23. The van der Waals surface area contributed by atoms with Gasteiger partial charge in [0.15, 0.2) is 0 Å². The first-order chi connectivity index (χ1) is 9.10. The van der Waals surface area contributed by atoms with Gasteiger partial charge in [-0.3, -0.25) is 0 Å². The highest BCUT2D eigenvalue weighted by Gasteiger charge is 2.29. The minimum atomic E-state index is -3.40.